The van der Waals surface area contributed by atoms with Crippen molar-refractivity contribution in [2.75, 3.05) is 6.61 Å². The highest BCUT2D eigenvalue weighted by Crippen LogP contribution is 2.29. The third-order valence-electron chi connectivity index (χ3n) is 4.26. The molecule has 168 valence electrons. The van der Waals surface area contributed by atoms with Crippen LogP contribution in [0.2, 0.25) is 0 Å². The Bertz CT molecular complexity index is 610. The molecule has 0 saturated carbocycles. The standard InChI is InChI=1S/C21H37NO7/c1-19(2,3)16(23)26-11-13-15(29-18(25)21(7,8)9)12(10-14(22)27-13)28-17(24)20(4,5)6/h12-15H,10-11,22H2,1-9H3/t12-,13?,14?,15-/m0/s1. The summed E-state index contributed by atoms with van der Waals surface area (Å²) in [4.78, 5) is 37.1. The quantitative estimate of drug-likeness (QED) is 0.550. The lowest BCUT2D eigenvalue weighted by Crippen LogP contribution is -2.57. The van der Waals surface area contributed by atoms with E-state index in [4.69, 9.17) is 24.7 Å². The molecule has 29 heavy (non-hydrogen) atoms. The summed E-state index contributed by atoms with van der Waals surface area (Å²) < 4.78 is 22.4. The molecule has 0 bridgehead atoms. The lowest BCUT2D eigenvalue weighted by atomic mass is 9.94. The predicted octanol–water partition coefficient (Wildman–Crippen LogP) is 2.57. The third kappa shape index (κ3) is 7.59. The van der Waals surface area contributed by atoms with E-state index in [1.165, 1.54) is 0 Å². The molecule has 0 aromatic carbocycles. The fraction of sp³-hybridized carbons (Fsp3) is 0.857. The van der Waals surface area contributed by atoms with E-state index in [0.717, 1.165) is 0 Å². The molecule has 1 aliphatic heterocycles. The summed E-state index contributed by atoms with van der Waals surface area (Å²) in [5.74, 6) is -1.35. The van der Waals surface area contributed by atoms with Crippen molar-refractivity contribution < 1.29 is 33.3 Å². The molecule has 0 aromatic heterocycles. The van der Waals surface area contributed by atoms with E-state index in [-0.39, 0.29) is 13.0 Å². The van der Waals surface area contributed by atoms with Crippen LogP contribution in [-0.4, -0.2) is 49.1 Å². The summed E-state index contributed by atoms with van der Waals surface area (Å²) in [6.07, 6.45) is -3.20. The Kier molecular flexibility index (Phi) is 7.87. The molecule has 0 aliphatic carbocycles. The second-order valence-corrected chi connectivity index (χ2v) is 10.6. The smallest absolute Gasteiger partial charge is 0.311 e. The monoisotopic (exact) mass is 415 g/mol. The number of ether oxygens (including phenoxy) is 4. The van der Waals surface area contributed by atoms with Gasteiger partial charge in [-0.2, -0.15) is 0 Å². The SMILES string of the molecule is CC(C)(C)C(=O)OCC1OC(N)C[C@H](OC(=O)C(C)(C)C)[C@@H]1OC(=O)C(C)(C)C. The minimum absolute atomic E-state index is 0.160. The van der Waals surface area contributed by atoms with Crippen molar-refractivity contribution in [1.82, 2.24) is 0 Å². The minimum Gasteiger partial charge on any atom is -0.462 e. The highest BCUT2D eigenvalue weighted by Gasteiger charge is 2.45. The molecule has 8 heteroatoms. The molecular weight excluding hydrogens is 378 g/mol. The maximum absolute atomic E-state index is 12.5. The van der Waals surface area contributed by atoms with Crippen molar-refractivity contribution >= 4 is 17.9 Å². The van der Waals surface area contributed by atoms with Gasteiger partial charge in [-0.3, -0.25) is 14.4 Å². The Morgan fingerprint density at radius 2 is 1.28 bits per heavy atom. The van der Waals surface area contributed by atoms with Gasteiger partial charge in [0.2, 0.25) is 0 Å². The molecule has 1 saturated heterocycles. The molecule has 1 rings (SSSR count). The molecule has 4 atom stereocenters. The molecule has 0 aromatic rings. The van der Waals surface area contributed by atoms with Crippen molar-refractivity contribution in [3.05, 3.63) is 0 Å². The highest BCUT2D eigenvalue weighted by atomic mass is 16.6. The van der Waals surface area contributed by atoms with Gasteiger partial charge in [0.05, 0.1) is 16.2 Å². The van der Waals surface area contributed by atoms with Crippen molar-refractivity contribution in [2.45, 2.75) is 93.3 Å². The topological polar surface area (TPSA) is 114 Å². The van der Waals surface area contributed by atoms with Crippen LogP contribution in [0.1, 0.15) is 68.7 Å². The van der Waals surface area contributed by atoms with E-state index in [0.29, 0.717) is 0 Å². The fourth-order valence-corrected chi connectivity index (χ4v) is 2.35. The number of carbonyl (C=O) groups excluding carboxylic acids is 3. The van der Waals surface area contributed by atoms with Crippen LogP contribution in [0.3, 0.4) is 0 Å². The molecule has 1 fully saturated rings. The highest BCUT2D eigenvalue weighted by molar-refractivity contribution is 5.77. The number of hydrogen-bond donors (Lipinski definition) is 1. The lowest BCUT2D eigenvalue weighted by molar-refractivity contribution is -0.223. The molecule has 1 aliphatic rings. The van der Waals surface area contributed by atoms with Crippen molar-refractivity contribution in [1.29, 1.82) is 0 Å². The van der Waals surface area contributed by atoms with E-state index in [2.05, 4.69) is 0 Å². The van der Waals surface area contributed by atoms with E-state index in [1.54, 1.807) is 62.3 Å². The first kappa shape index (κ1) is 25.4. The van der Waals surface area contributed by atoms with Crippen LogP contribution >= 0.6 is 0 Å². The Hall–Kier alpha value is -1.67. The van der Waals surface area contributed by atoms with Crippen LogP contribution in [0, 0.1) is 16.2 Å². The zero-order chi connectivity index (χ0) is 22.8. The number of esters is 3. The van der Waals surface area contributed by atoms with Gasteiger partial charge in [-0.05, 0) is 62.3 Å². The molecule has 8 nitrogen and oxygen atoms in total. The Labute approximate surface area is 173 Å². The maximum Gasteiger partial charge on any atom is 0.311 e. The molecule has 1 heterocycles. The Balaban J connectivity index is 3.09. The first-order valence-electron chi connectivity index (χ1n) is 9.93. The van der Waals surface area contributed by atoms with Gasteiger partial charge < -0.3 is 24.7 Å². The second kappa shape index (κ2) is 9.00. The average Bonchev–Trinajstić information content (AvgIpc) is 2.52. The summed E-state index contributed by atoms with van der Waals surface area (Å²) >= 11 is 0. The van der Waals surface area contributed by atoms with Gasteiger partial charge in [0, 0.05) is 6.42 Å². The Morgan fingerprint density at radius 1 is 0.828 bits per heavy atom. The number of nitrogens with two attached hydrogens (primary N) is 1. The van der Waals surface area contributed by atoms with Crippen molar-refractivity contribution in [2.24, 2.45) is 22.0 Å². The third-order valence-corrected chi connectivity index (χ3v) is 4.26. The van der Waals surface area contributed by atoms with E-state index < -0.39 is 58.7 Å². The molecule has 0 amide bonds. The number of hydrogen-bond acceptors (Lipinski definition) is 8. The molecular formula is C21H37NO7. The summed E-state index contributed by atoms with van der Waals surface area (Å²) in [7, 11) is 0. The van der Waals surface area contributed by atoms with Gasteiger partial charge in [0.15, 0.2) is 6.10 Å². The zero-order valence-corrected chi connectivity index (χ0v) is 19.2. The first-order valence-corrected chi connectivity index (χ1v) is 9.93. The first-order chi connectivity index (χ1) is 12.9. The molecule has 2 N–H and O–H groups in total. The molecule has 0 spiro atoms. The number of rotatable bonds is 4. The van der Waals surface area contributed by atoms with Gasteiger partial charge in [-0.15, -0.1) is 0 Å². The average molecular weight is 416 g/mol. The van der Waals surface area contributed by atoms with Crippen LogP contribution in [0.5, 0.6) is 0 Å². The van der Waals surface area contributed by atoms with Crippen LogP contribution < -0.4 is 5.73 Å². The zero-order valence-electron chi connectivity index (χ0n) is 19.2. The molecule has 0 radical (unpaired) electrons. The summed E-state index contributed by atoms with van der Waals surface area (Å²) in [5.41, 5.74) is 3.76. The normalized spacial score (nSPS) is 25.9. The lowest BCUT2D eigenvalue weighted by Gasteiger charge is -2.41. The summed E-state index contributed by atoms with van der Waals surface area (Å²) in [6.45, 7) is 15.4. The van der Waals surface area contributed by atoms with E-state index in [1.807, 2.05) is 0 Å². The number of carbonyl (C=O) groups is 3. The van der Waals surface area contributed by atoms with Gasteiger partial charge in [-0.1, -0.05) is 0 Å². The summed E-state index contributed by atoms with van der Waals surface area (Å²) in [5, 5.41) is 0. The van der Waals surface area contributed by atoms with Gasteiger partial charge in [0.1, 0.15) is 25.0 Å². The van der Waals surface area contributed by atoms with Crippen LogP contribution in [0.4, 0.5) is 0 Å². The van der Waals surface area contributed by atoms with E-state index >= 15 is 0 Å². The van der Waals surface area contributed by atoms with Gasteiger partial charge in [0.25, 0.3) is 0 Å². The van der Waals surface area contributed by atoms with Crippen molar-refractivity contribution in [3.63, 3.8) is 0 Å². The van der Waals surface area contributed by atoms with Gasteiger partial charge >= 0.3 is 17.9 Å². The van der Waals surface area contributed by atoms with Crippen LogP contribution in [0.25, 0.3) is 0 Å². The molecule has 2 unspecified atom stereocenters. The largest absolute Gasteiger partial charge is 0.462 e. The minimum atomic E-state index is -0.944. The van der Waals surface area contributed by atoms with Crippen molar-refractivity contribution in [3.8, 4) is 0 Å². The summed E-state index contributed by atoms with van der Waals surface area (Å²) in [6, 6.07) is 0. The Morgan fingerprint density at radius 3 is 1.72 bits per heavy atom. The predicted molar refractivity (Wildman–Crippen MR) is 107 cm³/mol. The van der Waals surface area contributed by atoms with Gasteiger partial charge in [-0.25, -0.2) is 0 Å². The van der Waals surface area contributed by atoms with Crippen LogP contribution in [-0.2, 0) is 33.3 Å². The maximum atomic E-state index is 12.5. The fourth-order valence-electron chi connectivity index (χ4n) is 2.35. The van der Waals surface area contributed by atoms with E-state index in [9.17, 15) is 14.4 Å². The van der Waals surface area contributed by atoms with Crippen LogP contribution in [0.15, 0.2) is 0 Å². The second-order valence-electron chi connectivity index (χ2n) is 10.6.